The van der Waals surface area contributed by atoms with E-state index in [2.05, 4.69) is 15.9 Å². The van der Waals surface area contributed by atoms with Crippen LogP contribution in [0.25, 0.3) is 0 Å². The number of ketones is 1. The van der Waals surface area contributed by atoms with Crippen LogP contribution >= 0.6 is 15.9 Å². The summed E-state index contributed by atoms with van der Waals surface area (Å²) in [6.07, 6.45) is 0. The van der Waals surface area contributed by atoms with Gasteiger partial charge in [0, 0.05) is 0 Å². The van der Waals surface area contributed by atoms with E-state index in [1.807, 2.05) is 0 Å². The molecule has 3 nitrogen and oxygen atoms in total. The molecular weight excluding hydrogens is 260 g/mol. The van der Waals surface area contributed by atoms with Crippen LogP contribution in [0.4, 0.5) is 0 Å². The number of ether oxygens (including phenoxy) is 2. The fourth-order valence-corrected chi connectivity index (χ4v) is 1.47. The third kappa shape index (κ3) is 2.72. The maximum atomic E-state index is 11.8. The van der Waals surface area contributed by atoms with Gasteiger partial charge < -0.3 is 9.47 Å². The summed E-state index contributed by atoms with van der Waals surface area (Å²) in [6.45, 7) is 1.78. The Morgan fingerprint density at radius 1 is 1.33 bits per heavy atom. The Kier molecular flexibility index (Phi) is 4.15. The Hall–Kier alpha value is -1.03. The van der Waals surface area contributed by atoms with Gasteiger partial charge in [-0.25, -0.2) is 0 Å². The third-order valence-electron chi connectivity index (χ3n) is 2.03. The summed E-state index contributed by atoms with van der Waals surface area (Å²) in [5.41, 5.74) is 0.529. The van der Waals surface area contributed by atoms with E-state index in [1.54, 1.807) is 32.2 Å². The summed E-state index contributed by atoms with van der Waals surface area (Å²) in [5.74, 6) is 1.19. The summed E-state index contributed by atoms with van der Waals surface area (Å²) < 4.78 is 10.2. The van der Waals surface area contributed by atoms with Gasteiger partial charge in [-0.3, -0.25) is 4.79 Å². The standard InChI is InChI=1S/C11H13BrO3/c1-7(12)11(13)9-6-8(14-2)4-5-10(9)15-3/h4-7H,1-3H3. The number of alkyl halides is 1. The normalized spacial score (nSPS) is 12.0. The number of carbonyl (C=O) groups excluding carboxylic acids is 1. The van der Waals surface area contributed by atoms with E-state index in [9.17, 15) is 4.79 Å². The monoisotopic (exact) mass is 272 g/mol. The second kappa shape index (κ2) is 5.16. The average Bonchev–Trinajstić information content (AvgIpc) is 2.27. The molecule has 15 heavy (non-hydrogen) atoms. The lowest BCUT2D eigenvalue weighted by molar-refractivity contribution is 0.0992. The molecule has 0 heterocycles. The number of rotatable bonds is 4. The van der Waals surface area contributed by atoms with Crippen LogP contribution in [0.15, 0.2) is 18.2 Å². The van der Waals surface area contributed by atoms with Crippen molar-refractivity contribution in [1.29, 1.82) is 0 Å². The Labute approximate surface area is 97.5 Å². The predicted molar refractivity (Wildman–Crippen MR) is 62.3 cm³/mol. The summed E-state index contributed by atoms with van der Waals surface area (Å²) in [7, 11) is 3.10. The van der Waals surface area contributed by atoms with Crippen molar-refractivity contribution in [3.8, 4) is 11.5 Å². The number of methoxy groups -OCH3 is 2. The minimum atomic E-state index is -0.237. The molecule has 0 saturated heterocycles. The Morgan fingerprint density at radius 3 is 2.47 bits per heavy atom. The molecule has 1 unspecified atom stereocenters. The van der Waals surface area contributed by atoms with Crippen LogP contribution in [0, 0.1) is 0 Å². The van der Waals surface area contributed by atoms with Crippen LogP contribution in [0.5, 0.6) is 11.5 Å². The second-order valence-corrected chi connectivity index (χ2v) is 4.42. The molecule has 0 amide bonds. The molecule has 0 bridgehead atoms. The summed E-state index contributed by atoms with van der Waals surface area (Å²) in [6, 6.07) is 5.16. The van der Waals surface area contributed by atoms with Crippen molar-refractivity contribution in [2.24, 2.45) is 0 Å². The van der Waals surface area contributed by atoms with Crippen LogP contribution < -0.4 is 9.47 Å². The first-order valence-corrected chi connectivity index (χ1v) is 5.42. The van der Waals surface area contributed by atoms with E-state index in [0.29, 0.717) is 17.1 Å². The molecule has 4 heteroatoms. The molecule has 1 aromatic carbocycles. The molecule has 0 N–H and O–H groups in total. The number of halogens is 1. The smallest absolute Gasteiger partial charge is 0.180 e. The zero-order valence-electron chi connectivity index (χ0n) is 8.91. The van der Waals surface area contributed by atoms with Crippen molar-refractivity contribution in [3.05, 3.63) is 23.8 Å². The summed E-state index contributed by atoms with van der Waals surface area (Å²) >= 11 is 3.24. The number of hydrogen-bond acceptors (Lipinski definition) is 3. The lowest BCUT2D eigenvalue weighted by Crippen LogP contribution is -2.11. The SMILES string of the molecule is COc1ccc(OC)c(C(=O)C(C)Br)c1. The Morgan fingerprint density at radius 2 is 2.00 bits per heavy atom. The molecule has 0 aliphatic carbocycles. The van der Waals surface area contributed by atoms with E-state index in [0.717, 1.165) is 0 Å². The minimum absolute atomic E-state index is 0.0225. The van der Waals surface area contributed by atoms with Crippen LogP contribution in [-0.4, -0.2) is 24.8 Å². The molecule has 0 radical (unpaired) electrons. The number of carbonyl (C=O) groups is 1. The molecule has 1 atom stereocenters. The maximum absolute atomic E-state index is 11.8. The Bertz CT molecular complexity index is 361. The first-order chi connectivity index (χ1) is 7.10. The highest BCUT2D eigenvalue weighted by Crippen LogP contribution is 2.26. The molecule has 0 spiro atoms. The molecule has 1 rings (SSSR count). The van der Waals surface area contributed by atoms with Crippen molar-refractivity contribution in [2.45, 2.75) is 11.8 Å². The van der Waals surface area contributed by atoms with Gasteiger partial charge in [-0.15, -0.1) is 0 Å². The van der Waals surface area contributed by atoms with Crippen molar-refractivity contribution in [2.75, 3.05) is 14.2 Å². The van der Waals surface area contributed by atoms with Gasteiger partial charge in [0.05, 0.1) is 24.6 Å². The van der Waals surface area contributed by atoms with Crippen LogP contribution in [0.2, 0.25) is 0 Å². The zero-order chi connectivity index (χ0) is 11.4. The van der Waals surface area contributed by atoms with Gasteiger partial charge in [0.1, 0.15) is 11.5 Å². The van der Waals surface area contributed by atoms with Gasteiger partial charge in [0.2, 0.25) is 0 Å². The van der Waals surface area contributed by atoms with Crippen molar-refractivity contribution >= 4 is 21.7 Å². The van der Waals surface area contributed by atoms with Gasteiger partial charge in [0.15, 0.2) is 5.78 Å². The molecule has 0 aliphatic heterocycles. The van der Waals surface area contributed by atoms with E-state index in [-0.39, 0.29) is 10.6 Å². The van der Waals surface area contributed by atoms with Crippen LogP contribution in [0.1, 0.15) is 17.3 Å². The maximum Gasteiger partial charge on any atom is 0.180 e. The van der Waals surface area contributed by atoms with Crippen LogP contribution in [-0.2, 0) is 0 Å². The molecule has 82 valence electrons. The van der Waals surface area contributed by atoms with Gasteiger partial charge in [-0.05, 0) is 25.1 Å². The fraction of sp³-hybridized carbons (Fsp3) is 0.364. The quantitative estimate of drug-likeness (QED) is 0.625. The van der Waals surface area contributed by atoms with Crippen LogP contribution in [0.3, 0.4) is 0 Å². The third-order valence-corrected chi connectivity index (χ3v) is 2.45. The number of Topliss-reactive ketones (excluding diaryl/α,β-unsaturated/α-hetero) is 1. The predicted octanol–water partition coefficient (Wildman–Crippen LogP) is 2.67. The number of benzene rings is 1. The molecule has 0 fully saturated rings. The lowest BCUT2D eigenvalue weighted by Gasteiger charge is -2.10. The first kappa shape index (κ1) is 12.0. The fourth-order valence-electron chi connectivity index (χ4n) is 1.22. The average molecular weight is 273 g/mol. The highest BCUT2D eigenvalue weighted by molar-refractivity contribution is 9.10. The van der Waals surface area contributed by atoms with Crippen molar-refractivity contribution in [1.82, 2.24) is 0 Å². The zero-order valence-corrected chi connectivity index (χ0v) is 10.5. The van der Waals surface area contributed by atoms with E-state index < -0.39 is 0 Å². The van der Waals surface area contributed by atoms with Gasteiger partial charge in [-0.1, -0.05) is 15.9 Å². The van der Waals surface area contributed by atoms with Crippen molar-refractivity contribution in [3.63, 3.8) is 0 Å². The largest absolute Gasteiger partial charge is 0.497 e. The number of hydrogen-bond donors (Lipinski definition) is 0. The first-order valence-electron chi connectivity index (χ1n) is 4.50. The van der Waals surface area contributed by atoms with E-state index in [4.69, 9.17) is 9.47 Å². The lowest BCUT2D eigenvalue weighted by atomic mass is 10.1. The molecule has 1 aromatic rings. The second-order valence-electron chi connectivity index (χ2n) is 3.05. The van der Waals surface area contributed by atoms with Gasteiger partial charge in [0.25, 0.3) is 0 Å². The minimum Gasteiger partial charge on any atom is -0.497 e. The van der Waals surface area contributed by atoms with Gasteiger partial charge in [-0.2, -0.15) is 0 Å². The highest BCUT2D eigenvalue weighted by atomic mass is 79.9. The highest BCUT2D eigenvalue weighted by Gasteiger charge is 2.17. The molecule has 0 aliphatic rings. The molecule has 0 saturated carbocycles. The Balaban J connectivity index is 3.17. The van der Waals surface area contributed by atoms with Crippen molar-refractivity contribution < 1.29 is 14.3 Å². The summed E-state index contributed by atoms with van der Waals surface area (Å²) in [5, 5.41) is 0. The topological polar surface area (TPSA) is 35.5 Å². The molecular formula is C11H13BrO3. The van der Waals surface area contributed by atoms with E-state index in [1.165, 1.54) is 7.11 Å². The van der Waals surface area contributed by atoms with Gasteiger partial charge >= 0.3 is 0 Å². The summed E-state index contributed by atoms with van der Waals surface area (Å²) in [4.78, 5) is 11.6. The van der Waals surface area contributed by atoms with E-state index >= 15 is 0 Å². The molecule has 0 aromatic heterocycles.